The number of allylic oxidation sites excluding steroid dienone is 1. The summed E-state index contributed by atoms with van der Waals surface area (Å²) in [5.74, 6) is -2.13. The van der Waals surface area contributed by atoms with E-state index in [0.717, 1.165) is 9.87 Å². The lowest BCUT2D eigenvalue weighted by Crippen LogP contribution is -2.42. The summed E-state index contributed by atoms with van der Waals surface area (Å²) < 4.78 is 34.6. The maximum Gasteiger partial charge on any atom is 0.245 e. The summed E-state index contributed by atoms with van der Waals surface area (Å²) in [6.45, 7) is 4.17. The van der Waals surface area contributed by atoms with Gasteiger partial charge in [0.1, 0.15) is 35.6 Å². The fourth-order valence-corrected chi connectivity index (χ4v) is 7.18. The van der Waals surface area contributed by atoms with Gasteiger partial charge in [-0.25, -0.2) is 8.42 Å². The normalized spacial score (nSPS) is 18.2. The van der Waals surface area contributed by atoms with Crippen LogP contribution in [0.1, 0.15) is 43.9 Å². The monoisotopic (exact) mass is 595 g/mol. The molecule has 3 aromatic rings. The summed E-state index contributed by atoms with van der Waals surface area (Å²) in [5.41, 5.74) is 6.99. The van der Waals surface area contributed by atoms with Crippen LogP contribution in [0.25, 0.3) is 0 Å². The molecule has 2 aliphatic rings. The van der Waals surface area contributed by atoms with Crippen molar-refractivity contribution < 1.29 is 27.9 Å². The Morgan fingerprint density at radius 2 is 1.85 bits per heavy atom. The van der Waals surface area contributed by atoms with Crippen LogP contribution in [0.2, 0.25) is 5.02 Å². The number of ether oxygens (including phenoxy) is 1. The van der Waals surface area contributed by atoms with Gasteiger partial charge in [0.2, 0.25) is 15.9 Å². The number of phenolic OH excluding ortho intramolecular Hbond substituents is 1. The maximum atomic E-state index is 13.9. The summed E-state index contributed by atoms with van der Waals surface area (Å²) in [6.07, 6.45) is 0.559. The lowest BCUT2D eigenvalue weighted by Gasteiger charge is -2.37. The number of halogens is 1. The second-order valence-corrected chi connectivity index (χ2v) is 13.3. The Bertz CT molecular complexity index is 1670. The number of para-hydroxylation sites is 1. The number of ketones is 1. The van der Waals surface area contributed by atoms with Crippen LogP contribution < -0.4 is 20.1 Å². The first kappa shape index (κ1) is 28.5. The zero-order chi connectivity index (χ0) is 29.5. The Morgan fingerprint density at radius 1 is 1.12 bits per heavy atom. The lowest BCUT2D eigenvalue weighted by atomic mass is 9.73. The number of hydrogen-bond donors (Lipinski definition) is 3. The molecule has 1 atom stereocenters. The molecule has 0 bridgehead atoms. The number of anilines is 2. The minimum absolute atomic E-state index is 0.0525. The van der Waals surface area contributed by atoms with E-state index in [1.54, 1.807) is 18.2 Å². The van der Waals surface area contributed by atoms with Crippen molar-refractivity contribution in [1.29, 1.82) is 0 Å². The average molecular weight is 596 g/mol. The highest BCUT2D eigenvalue weighted by Gasteiger charge is 2.46. The molecule has 1 aliphatic carbocycles. The number of amides is 1. The highest BCUT2D eigenvalue weighted by atomic mass is 35.5. The number of carbonyl (C=O) groups is 2. The standard InChI is InChI=1S/C30H30ClN3O6S/c1-30(2)14-22-27(25(36)15-30)29(20-12-11-19(13-21(20)31)40-16-18-7-4-3-5-8-18)34(41(38,39)17-26(32)37)23-9-6-10-24(35)28(23)33-22/h3-13,29,33,35H,14-17H2,1-2H3,(H2,32,37). The predicted molar refractivity (Wildman–Crippen MR) is 157 cm³/mol. The summed E-state index contributed by atoms with van der Waals surface area (Å²) in [7, 11) is -4.48. The number of primary amides is 1. The number of sulfonamides is 1. The van der Waals surface area contributed by atoms with Gasteiger partial charge in [0.15, 0.2) is 5.78 Å². The van der Waals surface area contributed by atoms with Gasteiger partial charge < -0.3 is 20.9 Å². The molecule has 4 N–H and O–H groups in total. The molecule has 0 aromatic heterocycles. The van der Waals surface area contributed by atoms with E-state index in [1.165, 1.54) is 18.2 Å². The fourth-order valence-electron chi connectivity index (χ4n) is 5.41. The van der Waals surface area contributed by atoms with Gasteiger partial charge in [-0.15, -0.1) is 0 Å². The number of hydrogen-bond acceptors (Lipinski definition) is 7. The third-order valence-electron chi connectivity index (χ3n) is 7.10. The highest BCUT2D eigenvalue weighted by molar-refractivity contribution is 7.93. The van der Waals surface area contributed by atoms with Crippen molar-refractivity contribution in [2.45, 2.75) is 39.3 Å². The lowest BCUT2D eigenvalue weighted by molar-refractivity contribution is -0.118. The second-order valence-electron chi connectivity index (χ2n) is 11.0. The molecule has 1 aliphatic heterocycles. The molecule has 3 aromatic carbocycles. The summed E-state index contributed by atoms with van der Waals surface area (Å²) in [5, 5.41) is 14.1. The maximum absolute atomic E-state index is 13.9. The molecule has 11 heteroatoms. The van der Waals surface area contributed by atoms with E-state index in [4.69, 9.17) is 22.1 Å². The Balaban J connectivity index is 1.70. The average Bonchev–Trinajstić information content (AvgIpc) is 3.02. The second kappa shape index (κ2) is 10.8. The molecule has 0 spiro atoms. The van der Waals surface area contributed by atoms with E-state index in [1.807, 2.05) is 44.2 Å². The first-order valence-electron chi connectivity index (χ1n) is 13.0. The van der Waals surface area contributed by atoms with Crippen molar-refractivity contribution in [2.75, 3.05) is 15.4 Å². The van der Waals surface area contributed by atoms with Gasteiger partial charge in [0.25, 0.3) is 0 Å². The quantitative estimate of drug-likeness (QED) is 0.325. The number of Topliss-reactive ketones (excluding diaryl/α,β-unsaturated/α-hetero) is 1. The van der Waals surface area contributed by atoms with Gasteiger partial charge >= 0.3 is 0 Å². The smallest absolute Gasteiger partial charge is 0.245 e. The van der Waals surface area contributed by atoms with Crippen LogP contribution in [0.3, 0.4) is 0 Å². The molecule has 0 fully saturated rings. The zero-order valence-electron chi connectivity index (χ0n) is 22.6. The van der Waals surface area contributed by atoms with E-state index in [9.17, 15) is 23.1 Å². The largest absolute Gasteiger partial charge is 0.506 e. The number of nitrogens with one attached hydrogen (secondary N) is 1. The van der Waals surface area contributed by atoms with Crippen molar-refractivity contribution in [3.05, 3.63) is 94.1 Å². The predicted octanol–water partition coefficient (Wildman–Crippen LogP) is 5.06. The van der Waals surface area contributed by atoms with E-state index < -0.39 is 33.1 Å². The number of phenols is 1. The third-order valence-corrected chi connectivity index (χ3v) is 9.08. The molecular weight excluding hydrogens is 566 g/mol. The minimum Gasteiger partial charge on any atom is -0.506 e. The number of rotatable bonds is 7. The van der Waals surface area contributed by atoms with E-state index >= 15 is 0 Å². The van der Waals surface area contributed by atoms with Gasteiger partial charge in [-0.1, -0.05) is 67.9 Å². The van der Waals surface area contributed by atoms with E-state index in [0.29, 0.717) is 30.0 Å². The molecule has 0 radical (unpaired) electrons. The molecule has 1 amide bonds. The number of fused-ring (bicyclic) bond motifs is 1. The van der Waals surface area contributed by atoms with Gasteiger partial charge in [-0.3, -0.25) is 13.9 Å². The molecular formula is C30H30ClN3O6S. The van der Waals surface area contributed by atoms with Crippen LogP contribution >= 0.6 is 11.6 Å². The van der Waals surface area contributed by atoms with Gasteiger partial charge in [-0.05, 0) is 47.2 Å². The Morgan fingerprint density at radius 3 is 2.54 bits per heavy atom. The van der Waals surface area contributed by atoms with Crippen molar-refractivity contribution in [3.8, 4) is 11.5 Å². The van der Waals surface area contributed by atoms with Gasteiger partial charge in [-0.2, -0.15) is 0 Å². The first-order chi connectivity index (χ1) is 19.4. The summed E-state index contributed by atoms with van der Waals surface area (Å²) in [6, 6.07) is 17.5. The summed E-state index contributed by atoms with van der Waals surface area (Å²) >= 11 is 6.82. The molecule has 0 saturated heterocycles. The molecule has 9 nitrogen and oxygen atoms in total. The minimum atomic E-state index is -4.48. The van der Waals surface area contributed by atoms with Crippen LogP contribution in [0, 0.1) is 5.41 Å². The summed E-state index contributed by atoms with van der Waals surface area (Å²) in [4.78, 5) is 25.7. The number of carbonyl (C=O) groups excluding carboxylic acids is 2. The Hall–Kier alpha value is -4.02. The van der Waals surface area contributed by atoms with Crippen LogP contribution in [0.5, 0.6) is 11.5 Å². The number of aromatic hydroxyl groups is 1. The van der Waals surface area contributed by atoms with Crippen LogP contribution in [-0.4, -0.2) is 31.0 Å². The molecule has 41 heavy (non-hydrogen) atoms. The first-order valence-corrected chi connectivity index (χ1v) is 15.0. The number of nitrogens with zero attached hydrogens (tertiary/aromatic N) is 1. The van der Waals surface area contributed by atoms with Gasteiger partial charge in [0.05, 0.1) is 5.69 Å². The van der Waals surface area contributed by atoms with Gasteiger partial charge in [0, 0.05) is 22.7 Å². The fraction of sp³-hybridized carbons (Fsp3) is 0.267. The molecule has 0 saturated carbocycles. The molecule has 214 valence electrons. The topological polar surface area (TPSA) is 139 Å². The Labute approximate surface area is 243 Å². The van der Waals surface area contributed by atoms with Crippen LogP contribution in [-0.2, 0) is 26.2 Å². The van der Waals surface area contributed by atoms with Crippen molar-refractivity contribution in [3.63, 3.8) is 0 Å². The molecule has 1 heterocycles. The highest BCUT2D eigenvalue weighted by Crippen LogP contribution is 2.52. The molecule has 5 rings (SSSR count). The van der Waals surface area contributed by atoms with Crippen molar-refractivity contribution in [1.82, 2.24) is 0 Å². The van der Waals surface area contributed by atoms with E-state index in [2.05, 4.69) is 5.32 Å². The van der Waals surface area contributed by atoms with Crippen molar-refractivity contribution in [2.24, 2.45) is 11.1 Å². The third kappa shape index (κ3) is 5.75. The number of benzene rings is 3. The zero-order valence-corrected chi connectivity index (χ0v) is 24.1. The SMILES string of the molecule is CC1(C)CC(=O)C2=C(C1)Nc1c(O)cccc1N(S(=O)(=O)CC(N)=O)C2c1ccc(OCc2ccccc2)cc1Cl. The van der Waals surface area contributed by atoms with E-state index in [-0.39, 0.29) is 39.9 Å². The molecule has 1 unspecified atom stereocenters. The van der Waals surface area contributed by atoms with Crippen LogP contribution in [0.4, 0.5) is 11.4 Å². The number of nitrogens with two attached hydrogens (primary N) is 1. The van der Waals surface area contributed by atoms with Crippen LogP contribution in [0.15, 0.2) is 78.0 Å². The van der Waals surface area contributed by atoms with Crippen molar-refractivity contribution >= 4 is 44.7 Å². The Kier molecular flexibility index (Phi) is 7.48.